The summed E-state index contributed by atoms with van der Waals surface area (Å²) < 4.78 is 3.43. The number of para-hydroxylation sites is 1. The number of aromatic nitrogens is 8. The van der Waals surface area contributed by atoms with Crippen LogP contribution in [0.15, 0.2) is 40.6 Å². The van der Waals surface area contributed by atoms with Crippen LogP contribution in [0.4, 0.5) is 0 Å². The highest BCUT2D eigenvalue weighted by molar-refractivity contribution is 7.99. The van der Waals surface area contributed by atoms with E-state index in [-0.39, 0.29) is 0 Å². The second kappa shape index (κ2) is 6.00. The maximum Gasteiger partial charge on any atom is 0.221 e. The van der Waals surface area contributed by atoms with Crippen molar-refractivity contribution >= 4 is 11.8 Å². The summed E-state index contributed by atoms with van der Waals surface area (Å²) in [5.41, 5.74) is 0.896. The van der Waals surface area contributed by atoms with E-state index in [0.717, 1.165) is 12.2 Å². The zero-order valence-corrected chi connectivity index (χ0v) is 12.5. The number of tetrazole rings is 2. The lowest BCUT2D eigenvalue weighted by molar-refractivity contribution is 0.445. The second-order valence-corrected chi connectivity index (χ2v) is 5.78. The predicted molar refractivity (Wildman–Crippen MR) is 75.9 cm³/mol. The van der Waals surface area contributed by atoms with Gasteiger partial charge in [0.1, 0.15) is 0 Å². The Bertz CT molecular complexity index is 705. The molecule has 108 valence electrons. The van der Waals surface area contributed by atoms with Gasteiger partial charge in [-0.1, -0.05) is 32.0 Å². The Morgan fingerprint density at radius 3 is 2.48 bits per heavy atom. The number of hydrogen-bond acceptors (Lipinski definition) is 7. The van der Waals surface area contributed by atoms with Gasteiger partial charge in [0, 0.05) is 6.54 Å². The number of nitrogens with zero attached hydrogens (tertiary/aromatic N) is 8. The Balaban J connectivity index is 1.87. The molecule has 9 heteroatoms. The van der Waals surface area contributed by atoms with Gasteiger partial charge < -0.3 is 0 Å². The third-order valence-corrected chi connectivity index (χ3v) is 3.57. The maximum absolute atomic E-state index is 4.04. The van der Waals surface area contributed by atoms with Crippen molar-refractivity contribution in [3.05, 3.63) is 30.3 Å². The van der Waals surface area contributed by atoms with Gasteiger partial charge in [0.2, 0.25) is 10.3 Å². The van der Waals surface area contributed by atoms with E-state index < -0.39 is 0 Å². The summed E-state index contributed by atoms with van der Waals surface area (Å²) in [6.45, 7) is 4.98. The minimum atomic E-state index is 0.456. The molecule has 0 N–H and O–H groups in total. The van der Waals surface area contributed by atoms with Gasteiger partial charge in [-0.2, -0.15) is 4.68 Å². The van der Waals surface area contributed by atoms with Crippen LogP contribution in [0.1, 0.15) is 13.8 Å². The maximum atomic E-state index is 4.04. The first-order valence-corrected chi connectivity index (χ1v) is 7.33. The van der Waals surface area contributed by atoms with Gasteiger partial charge >= 0.3 is 0 Å². The van der Waals surface area contributed by atoms with Gasteiger partial charge in [-0.05, 0) is 50.7 Å². The molecule has 0 saturated carbocycles. The highest BCUT2D eigenvalue weighted by atomic mass is 32.2. The van der Waals surface area contributed by atoms with E-state index in [1.165, 1.54) is 11.8 Å². The summed E-state index contributed by atoms with van der Waals surface area (Å²) in [4.78, 5) is 0. The van der Waals surface area contributed by atoms with Crippen LogP contribution in [0.3, 0.4) is 0 Å². The first-order chi connectivity index (χ1) is 10.2. The lowest BCUT2D eigenvalue weighted by atomic mass is 10.2. The summed E-state index contributed by atoms with van der Waals surface area (Å²) >= 11 is 1.34. The van der Waals surface area contributed by atoms with E-state index in [1.54, 1.807) is 9.36 Å². The number of rotatable bonds is 5. The number of hydrogen-bond donors (Lipinski definition) is 0. The Kier molecular flexibility index (Phi) is 3.91. The van der Waals surface area contributed by atoms with Crippen LogP contribution in [0.25, 0.3) is 5.69 Å². The molecule has 3 rings (SSSR count). The van der Waals surface area contributed by atoms with E-state index in [4.69, 9.17) is 0 Å². The van der Waals surface area contributed by atoms with Crippen molar-refractivity contribution in [2.75, 3.05) is 0 Å². The SMILES string of the molecule is CC(C)Cn1nnnc1Sc1nnnn1-c1ccccc1. The molecule has 8 nitrogen and oxygen atoms in total. The standard InChI is InChI=1S/C12H14N8S/c1-9(2)8-19-11(13-15-17-19)21-12-14-16-18-20(12)10-6-4-3-5-7-10/h3-7,9H,8H2,1-2H3. The van der Waals surface area contributed by atoms with Crippen LogP contribution >= 0.6 is 11.8 Å². The normalized spacial score (nSPS) is 11.2. The predicted octanol–water partition coefficient (Wildman–Crippen LogP) is 1.46. The summed E-state index contributed by atoms with van der Waals surface area (Å²) in [5.74, 6) is 0.456. The Hall–Kier alpha value is -2.29. The molecule has 21 heavy (non-hydrogen) atoms. The molecule has 2 heterocycles. The average molecular weight is 302 g/mol. The van der Waals surface area contributed by atoms with E-state index >= 15 is 0 Å². The topological polar surface area (TPSA) is 87.2 Å². The van der Waals surface area contributed by atoms with Crippen molar-refractivity contribution in [1.82, 2.24) is 40.4 Å². The third kappa shape index (κ3) is 3.07. The first-order valence-electron chi connectivity index (χ1n) is 6.52. The lowest BCUT2D eigenvalue weighted by Crippen LogP contribution is -2.08. The van der Waals surface area contributed by atoms with Crippen molar-refractivity contribution in [2.24, 2.45) is 5.92 Å². The van der Waals surface area contributed by atoms with Crippen LogP contribution in [-0.4, -0.2) is 40.4 Å². The largest absolute Gasteiger partial charge is 0.221 e. The fourth-order valence-electron chi connectivity index (χ4n) is 1.79. The molecule has 3 aromatic rings. The molecule has 0 saturated heterocycles. The fourth-order valence-corrected chi connectivity index (χ4v) is 2.55. The van der Waals surface area contributed by atoms with Crippen LogP contribution in [0.2, 0.25) is 0 Å². The molecule has 0 fully saturated rings. The average Bonchev–Trinajstić information content (AvgIpc) is 3.10. The van der Waals surface area contributed by atoms with E-state index in [2.05, 4.69) is 44.9 Å². The monoisotopic (exact) mass is 302 g/mol. The van der Waals surface area contributed by atoms with Gasteiger partial charge in [-0.25, -0.2) is 4.68 Å². The van der Waals surface area contributed by atoms with Crippen LogP contribution in [0, 0.1) is 5.92 Å². The van der Waals surface area contributed by atoms with Gasteiger partial charge in [0.15, 0.2) is 0 Å². The van der Waals surface area contributed by atoms with Crippen molar-refractivity contribution in [1.29, 1.82) is 0 Å². The molecule has 2 aromatic heterocycles. The highest BCUT2D eigenvalue weighted by Crippen LogP contribution is 2.24. The van der Waals surface area contributed by atoms with Crippen LogP contribution in [0.5, 0.6) is 0 Å². The molecule has 0 bridgehead atoms. The molecule has 0 amide bonds. The number of benzene rings is 1. The van der Waals surface area contributed by atoms with Gasteiger partial charge in [-0.3, -0.25) is 0 Å². The first kappa shape index (κ1) is 13.7. The summed E-state index contributed by atoms with van der Waals surface area (Å²) in [5, 5.41) is 24.8. The molecular weight excluding hydrogens is 288 g/mol. The van der Waals surface area contributed by atoms with Crippen molar-refractivity contribution in [3.8, 4) is 5.69 Å². The fraction of sp³-hybridized carbons (Fsp3) is 0.333. The Morgan fingerprint density at radius 2 is 1.71 bits per heavy atom. The van der Waals surface area contributed by atoms with Crippen molar-refractivity contribution in [2.45, 2.75) is 30.7 Å². The summed E-state index contributed by atoms with van der Waals surface area (Å²) in [6.07, 6.45) is 0. The van der Waals surface area contributed by atoms with Gasteiger partial charge in [-0.15, -0.1) is 10.2 Å². The molecule has 0 aliphatic carbocycles. The molecule has 0 atom stereocenters. The van der Waals surface area contributed by atoms with Crippen LogP contribution in [-0.2, 0) is 6.54 Å². The smallest absolute Gasteiger partial charge is 0.220 e. The third-order valence-electron chi connectivity index (χ3n) is 2.66. The molecule has 1 aromatic carbocycles. The van der Waals surface area contributed by atoms with Crippen LogP contribution < -0.4 is 0 Å². The lowest BCUT2D eigenvalue weighted by Gasteiger charge is -2.06. The minimum Gasteiger partial charge on any atom is -0.220 e. The summed E-state index contributed by atoms with van der Waals surface area (Å²) in [6, 6.07) is 9.71. The van der Waals surface area contributed by atoms with E-state index in [1.807, 2.05) is 30.3 Å². The quantitative estimate of drug-likeness (QED) is 0.705. The zero-order chi connectivity index (χ0) is 14.7. The molecule has 0 unspecified atom stereocenters. The van der Waals surface area contributed by atoms with Crippen molar-refractivity contribution < 1.29 is 0 Å². The molecule has 0 aliphatic rings. The highest BCUT2D eigenvalue weighted by Gasteiger charge is 2.15. The van der Waals surface area contributed by atoms with Crippen molar-refractivity contribution in [3.63, 3.8) is 0 Å². The Labute approximate surface area is 125 Å². The van der Waals surface area contributed by atoms with Gasteiger partial charge in [0.05, 0.1) is 5.69 Å². The Morgan fingerprint density at radius 1 is 1.00 bits per heavy atom. The zero-order valence-electron chi connectivity index (χ0n) is 11.7. The van der Waals surface area contributed by atoms with Gasteiger partial charge in [0.25, 0.3) is 0 Å². The van der Waals surface area contributed by atoms with E-state index in [9.17, 15) is 0 Å². The second-order valence-electron chi connectivity index (χ2n) is 4.85. The molecule has 0 aliphatic heterocycles. The van der Waals surface area contributed by atoms with E-state index in [0.29, 0.717) is 16.2 Å². The summed E-state index contributed by atoms with van der Waals surface area (Å²) in [7, 11) is 0. The molecule has 0 radical (unpaired) electrons. The molecule has 0 spiro atoms. The molecular formula is C12H14N8S. The minimum absolute atomic E-state index is 0.456.